The monoisotopic (exact) mass is 415 g/mol. The molecule has 3 aromatic rings. The first kappa shape index (κ1) is 18.6. The van der Waals surface area contributed by atoms with E-state index in [0.29, 0.717) is 13.2 Å². The lowest BCUT2D eigenvalue weighted by Gasteiger charge is -2.34. The van der Waals surface area contributed by atoms with Gasteiger partial charge in [-0.15, -0.1) is 5.10 Å². The highest BCUT2D eigenvalue weighted by atomic mass is 16.5. The van der Waals surface area contributed by atoms with Crippen molar-refractivity contribution in [1.29, 1.82) is 0 Å². The first-order valence-electron chi connectivity index (χ1n) is 10.9. The van der Waals surface area contributed by atoms with E-state index < -0.39 is 5.41 Å². The van der Waals surface area contributed by atoms with Crippen molar-refractivity contribution in [2.45, 2.75) is 37.4 Å². The average molecular weight is 415 g/mol. The van der Waals surface area contributed by atoms with E-state index >= 15 is 0 Å². The average Bonchev–Trinajstić information content (AvgIpc) is 3.44. The van der Waals surface area contributed by atoms with Gasteiger partial charge < -0.3 is 9.64 Å². The first-order valence-corrected chi connectivity index (χ1v) is 10.9. The van der Waals surface area contributed by atoms with Gasteiger partial charge in [-0.1, -0.05) is 35.5 Å². The lowest BCUT2D eigenvalue weighted by molar-refractivity contribution is -0.124. The number of aromatic nitrogens is 3. The molecule has 1 aromatic heterocycles. The standard InChI is InChI=1S/C24H25N5O2/c1-27-12-10-24-20-8-2-3-9-21(20)29(23(24)30)16-18-15-28(26-25-18)11-5-13-31-19-7-4-6-17(14-19)22(24)27/h2-4,6-9,14-15,22H,5,10-13,16H2,1H3/t22-,24+/m0/s1. The largest absolute Gasteiger partial charge is 0.494 e. The smallest absolute Gasteiger partial charge is 0.240 e. The quantitative estimate of drug-likeness (QED) is 0.565. The summed E-state index contributed by atoms with van der Waals surface area (Å²) in [6.07, 6.45) is 3.57. The summed E-state index contributed by atoms with van der Waals surface area (Å²) in [4.78, 5) is 18.4. The molecule has 0 aliphatic carbocycles. The molecule has 0 N–H and O–H groups in total. The van der Waals surface area contributed by atoms with Crippen molar-refractivity contribution < 1.29 is 9.53 Å². The number of rotatable bonds is 0. The Balaban J connectivity index is 1.55. The van der Waals surface area contributed by atoms with E-state index in [2.05, 4.69) is 46.5 Å². The Labute approximate surface area is 181 Å². The molecule has 2 atom stereocenters. The maximum Gasteiger partial charge on any atom is 0.240 e. The van der Waals surface area contributed by atoms with E-state index in [1.807, 2.05) is 40.0 Å². The van der Waals surface area contributed by atoms with Crippen LogP contribution in [0.15, 0.2) is 54.7 Å². The number of amides is 1. The van der Waals surface area contributed by atoms with Crippen LogP contribution in [-0.4, -0.2) is 46.0 Å². The van der Waals surface area contributed by atoms with Crippen molar-refractivity contribution in [3.05, 3.63) is 71.5 Å². The topological polar surface area (TPSA) is 63.5 Å². The van der Waals surface area contributed by atoms with Crippen molar-refractivity contribution in [1.82, 2.24) is 19.9 Å². The molecule has 4 heterocycles. The third-order valence-corrected chi connectivity index (χ3v) is 6.95. The highest BCUT2D eigenvalue weighted by molar-refractivity contribution is 6.09. The molecule has 1 saturated heterocycles. The Hall–Kier alpha value is -3.19. The van der Waals surface area contributed by atoms with Crippen LogP contribution >= 0.6 is 0 Å². The Kier molecular flexibility index (Phi) is 4.14. The summed E-state index contributed by atoms with van der Waals surface area (Å²) in [6.45, 7) is 2.63. The summed E-state index contributed by atoms with van der Waals surface area (Å²) in [5.74, 6) is 0.997. The number of para-hydroxylation sites is 1. The molecule has 7 nitrogen and oxygen atoms in total. The summed E-state index contributed by atoms with van der Waals surface area (Å²) in [5.41, 5.74) is 3.42. The van der Waals surface area contributed by atoms with Crippen LogP contribution < -0.4 is 9.64 Å². The molecule has 158 valence electrons. The van der Waals surface area contributed by atoms with Crippen LogP contribution in [0.4, 0.5) is 5.69 Å². The van der Waals surface area contributed by atoms with Gasteiger partial charge in [-0.25, -0.2) is 0 Å². The number of fused-ring (bicyclic) bond motifs is 8. The number of benzene rings is 2. The van der Waals surface area contributed by atoms with Crippen molar-refractivity contribution in [3.63, 3.8) is 0 Å². The Morgan fingerprint density at radius 2 is 2.03 bits per heavy atom. The van der Waals surface area contributed by atoms with Crippen LogP contribution in [0.5, 0.6) is 5.75 Å². The fourth-order valence-corrected chi connectivity index (χ4v) is 5.62. The molecule has 1 fully saturated rings. The van der Waals surface area contributed by atoms with Crippen LogP contribution in [0.3, 0.4) is 0 Å². The van der Waals surface area contributed by atoms with Crippen molar-refractivity contribution in [3.8, 4) is 5.75 Å². The molecule has 3 aliphatic rings. The Bertz CT molecular complexity index is 1160. The molecule has 6 bridgehead atoms. The number of nitrogens with zero attached hydrogens (tertiary/aromatic N) is 5. The predicted molar refractivity (Wildman–Crippen MR) is 116 cm³/mol. The van der Waals surface area contributed by atoms with Gasteiger partial charge >= 0.3 is 0 Å². The van der Waals surface area contributed by atoms with Gasteiger partial charge in [0.25, 0.3) is 0 Å². The van der Waals surface area contributed by atoms with Gasteiger partial charge in [-0.3, -0.25) is 14.4 Å². The van der Waals surface area contributed by atoms with Gasteiger partial charge in [0.15, 0.2) is 0 Å². The third-order valence-electron chi connectivity index (χ3n) is 6.95. The molecular weight excluding hydrogens is 390 g/mol. The fourth-order valence-electron chi connectivity index (χ4n) is 5.62. The van der Waals surface area contributed by atoms with E-state index in [-0.39, 0.29) is 11.9 Å². The normalized spacial score (nSPS) is 25.4. The van der Waals surface area contributed by atoms with Gasteiger partial charge in [0.1, 0.15) is 11.4 Å². The number of carbonyl (C=O) groups excluding carboxylic acids is 1. The summed E-state index contributed by atoms with van der Waals surface area (Å²) < 4.78 is 7.89. The zero-order valence-electron chi connectivity index (χ0n) is 17.6. The maximum absolute atomic E-state index is 14.2. The molecule has 1 spiro atoms. The van der Waals surface area contributed by atoms with Crippen molar-refractivity contribution in [2.75, 3.05) is 25.1 Å². The number of hydrogen-bond acceptors (Lipinski definition) is 5. The summed E-state index contributed by atoms with van der Waals surface area (Å²) in [6, 6.07) is 16.5. The van der Waals surface area contributed by atoms with Crippen LogP contribution in [0.1, 0.15) is 35.7 Å². The van der Waals surface area contributed by atoms with Gasteiger partial charge in [0.05, 0.1) is 30.8 Å². The minimum absolute atomic E-state index is 0.0458. The van der Waals surface area contributed by atoms with Gasteiger partial charge in [-0.05, 0) is 49.3 Å². The molecule has 0 saturated carbocycles. The van der Waals surface area contributed by atoms with Crippen LogP contribution in [0.2, 0.25) is 0 Å². The van der Waals surface area contributed by atoms with Crippen LogP contribution in [0, 0.1) is 0 Å². The Morgan fingerprint density at radius 1 is 1.13 bits per heavy atom. The molecule has 0 unspecified atom stereocenters. The lowest BCUT2D eigenvalue weighted by atomic mass is 9.72. The van der Waals surface area contributed by atoms with Gasteiger partial charge in [0.2, 0.25) is 5.91 Å². The lowest BCUT2D eigenvalue weighted by Crippen LogP contribution is -2.44. The van der Waals surface area contributed by atoms with Gasteiger partial charge in [-0.2, -0.15) is 0 Å². The molecule has 31 heavy (non-hydrogen) atoms. The molecule has 7 heteroatoms. The number of aryl methyl sites for hydroxylation is 1. The van der Waals surface area contributed by atoms with E-state index in [1.165, 1.54) is 0 Å². The SMILES string of the molecule is CN1CC[C@]23C(=O)N(Cc4cn(nn4)CCCOc4cccc(c4)[C@H]12)c1ccccc13. The van der Waals surface area contributed by atoms with E-state index in [0.717, 1.165) is 54.2 Å². The molecule has 2 aromatic carbocycles. The molecule has 3 aliphatic heterocycles. The van der Waals surface area contributed by atoms with Crippen LogP contribution in [-0.2, 0) is 23.3 Å². The highest BCUT2D eigenvalue weighted by Crippen LogP contribution is 2.56. The predicted octanol–water partition coefficient (Wildman–Crippen LogP) is 2.92. The molecule has 6 rings (SSSR count). The third kappa shape index (κ3) is 2.73. The van der Waals surface area contributed by atoms with Crippen molar-refractivity contribution in [2.24, 2.45) is 0 Å². The van der Waals surface area contributed by atoms with Crippen molar-refractivity contribution >= 4 is 11.6 Å². The number of likely N-dealkylation sites (N-methyl/N-ethyl adjacent to an activating group) is 1. The Morgan fingerprint density at radius 3 is 2.97 bits per heavy atom. The van der Waals surface area contributed by atoms with E-state index in [9.17, 15) is 4.79 Å². The molecular formula is C24H25N5O2. The number of carbonyl (C=O) groups is 1. The van der Waals surface area contributed by atoms with E-state index in [1.54, 1.807) is 0 Å². The summed E-state index contributed by atoms with van der Waals surface area (Å²) in [7, 11) is 2.12. The fraction of sp³-hybridized carbons (Fsp3) is 0.375. The second-order valence-corrected chi connectivity index (χ2v) is 8.76. The number of anilines is 1. The maximum atomic E-state index is 14.2. The van der Waals surface area contributed by atoms with Crippen LogP contribution in [0.25, 0.3) is 0 Å². The zero-order chi connectivity index (χ0) is 21.0. The number of ether oxygens (including phenoxy) is 1. The zero-order valence-corrected chi connectivity index (χ0v) is 17.6. The minimum Gasteiger partial charge on any atom is -0.494 e. The molecule has 0 radical (unpaired) electrons. The molecule has 1 amide bonds. The first-order chi connectivity index (χ1) is 15.2. The summed E-state index contributed by atoms with van der Waals surface area (Å²) >= 11 is 0. The second kappa shape index (κ2) is 6.92. The minimum atomic E-state index is -0.611. The van der Waals surface area contributed by atoms with E-state index in [4.69, 9.17) is 4.74 Å². The number of hydrogen-bond donors (Lipinski definition) is 0. The highest BCUT2D eigenvalue weighted by Gasteiger charge is 2.59. The summed E-state index contributed by atoms with van der Waals surface area (Å²) in [5, 5.41) is 8.60. The number of likely N-dealkylation sites (tertiary alicyclic amines) is 1. The van der Waals surface area contributed by atoms with Gasteiger partial charge in [0, 0.05) is 18.7 Å². The second-order valence-electron chi connectivity index (χ2n) is 8.76.